The van der Waals surface area contributed by atoms with Crippen LogP contribution in [-0.4, -0.2) is 53.1 Å². The normalized spacial score (nSPS) is 22.6. The van der Waals surface area contributed by atoms with Crippen LogP contribution in [0.25, 0.3) is 0 Å². The van der Waals surface area contributed by atoms with Crippen molar-refractivity contribution in [3.8, 4) is 5.75 Å². The molecule has 0 radical (unpaired) electrons. The monoisotopic (exact) mass is 458 g/mol. The van der Waals surface area contributed by atoms with Gasteiger partial charge in [0.15, 0.2) is 0 Å². The molecule has 1 aromatic carbocycles. The van der Waals surface area contributed by atoms with Gasteiger partial charge in [-0.25, -0.2) is 4.79 Å². The molecule has 0 spiro atoms. The summed E-state index contributed by atoms with van der Waals surface area (Å²) in [5.41, 5.74) is 1.11. The number of nitrogens with zero attached hydrogens (tertiary/aromatic N) is 2. The second-order valence-electron chi connectivity index (χ2n) is 9.89. The SMILES string of the molecule is CCCCCCC[C@H]1C[C@H]2CC[C@H](CC(=O)OC(C)C)N2C(=O)N1Cc1ccc(OC)cc1. The number of urea groups is 1. The topological polar surface area (TPSA) is 59.1 Å². The minimum atomic E-state index is -0.205. The van der Waals surface area contributed by atoms with E-state index in [0.29, 0.717) is 13.0 Å². The van der Waals surface area contributed by atoms with Gasteiger partial charge in [0, 0.05) is 24.7 Å². The molecular weight excluding hydrogens is 416 g/mol. The van der Waals surface area contributed by atoms with Crippen molar-refractivity contribution in [2.24, 2.45) is 0 Å². The van der Waals surface area contributed by atoms with E-state index in [4.69, 9.17) is 9.47 Å². The summed E-state index contributed by atoms with van der Waals surface area (Å²) in [5, 5.41) is 0. The lowest BCUT2D eigenvalue weighted by atomic mass is 9.95. The molecule has 0 unspecified atom stereocenters. The summed E-state index contributed by atoms with van der Waals surface area (Å²) in [7, 11) is 1.66. The van der Waals surface area contributed by atoms with Gasteiger partial charge in [-0.05, 0) is 57.2 Å². The highest BCUT2D eigenvalue weighted by Gasteiger charge is 2.46. The van der Waals surface area contributed by atoms with Gasteiger partial charge in [-0.1, -0.05) is 51.2 Å². The first kappa shape index (κ1) is 25.4. The Balaban J connectivity index is 1.71. The van der Waals surface area contributed by atoms with E-state index < -0.39 is 0 Å². The molecule has 2 amide bonds. The fraction of sp³-hybridized carbons (Fsp3) is 0.704. The molecule has 0 bridgehead atoms. The van der Waals surface area contributed by atoms with Crippen molar-refractivity contribution >= 4 is 12.0 Å². The molecule has 2 aliphatic heterocycles. The summed E-state index contributed by atoms with van der Waals surface area (Å²) in [6.07, 6.45) is 10.2. The van der Waals surface area contributed by atoms with E-state index in [2.05, 4.69) is 11.8 Å². The zero-order chi connectivity index (χ0) is 23.8. The Bertz CT molecular complexity index is 764. The molecular formula is C27H42N2O4. The number of amides is 2. The largest absolute Gasteiger partial charge is 0.497 e. The summed E-state index contributed by atoms with van der Waals surface area (Å²) in [5.74, 6) is 0.614. The van der Waals surface area contributed by atoms with Crippen molar-refractivity contribution in [2.45, 2.75) is 116 Å². The fourth-order valence-electron chi connectivity index (χ4n) is 5.34. The van der Waals surface area contributed by atoms with Gasteiger partial charge in [0.1, 0.15) is 5.75 Å². The smallest absolute Gasteiger partial charge is 0.321 e. The van der Waals surface area contributed by atoms with E-state index in [1.807, 2.05) is 43.0 Å². The molecule has 0 aliphatic carbocycles. The highest BCUT2D eigenvalue weighted by Crippen LogP contribution is 2.37. The highest BCUT2D eigenvalue weighted by molar-refractivity contribution is 5.78. The quantitative estimate of drug-likeness (QED) is 0.288. The molecule has 3 rings (SSSR count). The lowest BCUT2D eigenvalue weighted by Gasteiger charge is -2.45. The number of ether oxygens (including phenoxy) is 2. The van der Waals surface area contributed by atoms with Crippen LogP contribution in [0.15, 0.2) is 24.3 Å². The molecule has 3 atom stereocenters. The van der Waals surface area contributed by atoms with Crippen LogP contribution in [0.2, 0.25) is 0 Å². The summed E-state index contributed by atoms with van der Waals surface area (Å²) in [6.45, 7) is 6.56. The Morgan fingerprint density at radius 3 is 2.45 bits per heavy atom. The van der Waals surface area contributed by atoms with Gasteiger partial charge in [0.05, 0.1) is 19.6 Å². The fourth-order valence-corrected chi connectivity index (χ4v) is 5.34. The first-order valence-electron chi connectivity index (χ1n) is 12.8. The predicted octanol–water partition coefficient (Wildman–Crippen LogP) is 5.92. The lowest BCUT2D eigenvalue weighted by molar-refractivity contribution is -0.148. The van der Waals surface area contributed by atoms with E-state index >= 15 is 0 Å². The van der Waals surface area contributed by atoms with Crippen LogP contribution in [0, 0.1) is 0 Å². The number of hydrogen-bond donors (Lipinski definition) is 0. The third kappa shape index (κ3) is 6.87. The number of fused-ring (bicyclic) bond motifs is 1. The predicted molar refractivity (Wildman–Crippen MR) is 130 cm³/mol. The maximum absolute atomic E-state index is 13.8. The number of esters is 1. The number of carbonyl (C=O) groups excluding carboxylic acids is 2. The minimum Gasteiger partial charge on any atom is -0.497 e. The summed E-state index contributed by atoms with van der Waals surface area (Å²) in [6, 6.07) is 8.50. The van der Waals surface area contributed by atoms with Gasteiger partial charge in [-0.3, -0.25) is 4.79 Å². The van der Waals surface area contributed by atoms with Gasteiger partial charge < -0.3 is 19.3 Å². The van der Waals surface area contributed by atoms with Crippen molar-refractivity contribution in [1.29, 1.82) is 0 Å². The second kappa shape index (κ2) is 12.3. The summed E-state index contributed by atoms with van der Waals surface area (Å²) >= 11 is 0. The van der Waals surface area contributed by atoms with Crippen LogP contribution in [0.3, 0.4) is 0 Å². The van der Waals surface area contributed by atoms with Crippen LogP contribution in [0.1, 0.15) is 90.5 Å². The third-order valence-electron chi connectivity index (χ3n) is 6.99. The minimum absolute atomic E-state index is 0.0578. The molecule has 2 aliphatic rings. The van der Waals surface area contributed by atoms with Crippen LogP contribution in [0.4, 0.5) is 4.79 Å². The molecule has 33 heavy (non-hydrogen) atoms. The Hall–Kier alpha value is -2.24. The lowest BCUT2D eigenvalue weighted by Crippen LogP contribution is -2.58. The molecule has 0 saturated carbocycles. The molecule has 2 fully saturated rings. The van der Waals surface area contributed by atoms with Crippen LogP contribution in [0.5, 0.6) is 5.75 Å². The van der Waals surface area contributed by atoms with Gasteiger partial charge in [-0.2, -0.15) is 0 Å². The van der Waals surface area contributed by atoms with Crippen molar-refractivity contribution in [2.75, 3.05) is 7.11 Å². The molecule has 0 N–H and O–H groups in total. The number of carbonyl (C=O) groups is 2. The van der Waals surface area contributed by atoms with E-state index in [0.717, 1.165) is 43.4 Å². The number of rotatable bonds is 12. The first-order valence-corrected chi connectivity index (χ1v) is 12.8. The number of methoxy groups -OCH3 is 1. The maximum atomic E-state index is 13.8. The van der Waals surface area contributed by atoms with Crippen molar-refractivity contribution in [1.82, 2.24) is 9.80 Å². The molecule has 1 aromatic rings. The second-order valence-corrected chi connectivity index (χ2v) is 9.89. The molecule has 6 nitrogen and oxygen atoms in total. The van der Waals surface area contributed by atoms with E-state index in [9.17, 15) is 9.59 Å². The maximum Gasteiger partial charge on any atom is 0.321 e. The Morgan fingerprint density at radius 2 is 1.79 bits per heavy atom. The first-order chi connectivity index (χ1) is 15.9. The summed E-state index contributed by atoms with van der Waals surface area (Å²) in [4.78, 5) is 30.2. The standard InChI is InChI=1S/C27H42N2O4/c1-5-6-7-8-9-10-22-17-23-13-14-24(18-26(30)33-20(2)3)29(23)27(31)28(22)19-21-11-15-25(32-4)16-12-21/h11-12,15-16,20,22-24H,5-10,13-14,17-19H2,1-4H3/t22-,23+,24+/m0/s1. The van der Waals surface area contributed by atoms with Crippen LogP contribution < -0.4 is 4.74 Å². The van der Waals surface area contributed by atoms with Crippen LogP contribution in [-0.2, 0) is 16.1 Å². The van der Waals surface area contributed by atoms with Crippen molar-refractivity contribution < 1.29 is 19.1 Å². The van der Waals surface area contributed by atoms with Crippen molar-refractivity contribution in [3.05, 3.63) is 29.8 Å². The van der Waals surface area contributed by atoms with Gasteiger partial charge in [0.25, 0.3) is 0 Å². The van der Waals surface area contributed by atoms with Gasteiger partial charge in [-0.15, -0.1) is 0 Å². The van der Waals surface area contributed by atoms with Gasteiger partial charge >= 0.3 is 12.0 Å². The number of benzene rings is 1. The number of hydrogen-bond acceptors (Lipinski definition) is 4. The van der Waals surface area contributed by atoms with Gasteiger partial charge in [0.2, 0.25) is 0 Å². The third-order valence-corrected chi connectivity index (χ3v) is 6.99. The van der Waals surface area contributed by atoms with Crippen molar-refractivity contribution in [3.63, 3.8) is 0 Å². The van der Waals surface area contributed by atoms with E-state index in [1.165, 1.54) is 25.7 Å². The van der Waals surface area contributed by atoms with Crippen LogP contribution >= 0.6 is 0 Å². The highest BCUT2D eigenvalue weighted by atomic mass is 16.5. The van der Waals surface area contributed by atoms with E-state index in [1.54, 1.807) is 7.11 Å². The average molecular weight is 459 g/mol. The molecule has 6 heteroatoms. The molecule has 2 heterocycles. The molecule has 184 valence electrons. The Morgan fingerprint density at radius 1 is 1.06 bits per heavy atom. The molecule has 2 saturated heterocycles. The average Bonchev–Trinajstić information content (AvgIpc) is 3.18. The molecule has 0 aromatic heterocycles. The zero-order valence-corrected chi connectivity index (χ0v) is 20.9. The Labute approximate surface area is 199 Å². The zero-order valence-electron chi connectivity index (χ0n) is 20.9. The summed E-state index contributed by atoms with van der Waals surface area (Å²) < 4.78 is 10.7. The Kier molecular flexibility index (Phi) is 9.45. The van der Waals surface area contributed by atoms with E-state index in [-0.39, 0.29) is 36.2 Å². The number of unbranched alkanes of at least 4 members (excludes halogenated alkanes) is 4.